The predicted octanol–water partition coefficient (Wildman–Crippen LogP) is 23.5. The molecule has 0 saturated heterocycles. The van der Waals surface area contributed by atoms with Gasteiger partial charge in [0, 0.05) is 66.0 Å². The van der Waals surface area contributed by atoms with Crippen LogP contribution in [-0.4, -0.2) is 38.2 Å². The quantitative estimate of drug-likeness (QED) is 0.152. The van der Waals surface area contributed by atoms with Crippen LogP contribution < -0.4 is 0 Å². The molecule has 17 aromatic rings. The van der Waals surface area contributed by atoms with Gasteiger partial charge in [0.15, 0.2) is 17.5 Å². The average molecular weight is 1270 g/mol. The smallest absolute Gasteiger partial charge is 0.167 e. The number of fused-ring (bicyclic) bond motifs is 12. The molecular formula is C90H78N8. The lowest BCUT2D eigenvalue weighted by Crippen LogP contribution is -2.18. The molecule has 8 heteroatoms. The van der Waals surface area contributed by atoms with Gasteiger partial charge < -0.3 is 18.3 Å². The Hall–Kier alpha value is -11.2. The molecule has 0 atom stereocenters. The van der Waals surface area contributed by atoms with Crippen LogP contribution in [0.3, 0.4) is 0 Å². The Morgan fingerprint density at radius 1 is 0.235 bits per heavy atom. The van der Waals surface area contributed by atoms with E-state index < -0.39 is 0 Å². The Bertz CT molecular complexity index is 6010. The van der Waals surface area contributed by atoms with Crippen molar-refractivity contribution < 1.29 is 0 Å². The number of nitrogens with zero attached hydrogens (tertiary/aromatic N) is 8. The fraction of sp³-hybridized carbons (Fsp3) is 0.178. The first-order valence-corrected chi connectivity index (χ1v) is 34.4. The fourth-order valence-electron chi connectivity index (χ4n) is 15.2. The fourth-order valence-corrected chi connectivity index (χ4v) is 15.2. The molecule has 98 heavy (non-hydrogen) atoms. The largest absolute Gasteiger partial charge is 0.306 e. The minimum atomic E-state index is -0.157. The SMILES string of the molecule is CC(C)(C)c1ccc2c(c1)c1ccccc1n2-c1c(-c2ccccn2)c(-c2nc(-c3ccccc3)nc(-c3ccccc3)n2)c(-n2c3ccccc3c3cc(C(C)(C)C)ccc32)c(-n2c3ccccc3c3cc(C(C)(C)C)ccc32)c1-n1c2ccccc2c2cc(C(C)(C)C)ccc21. The number of para-hydroxylation sites is 4. The maximum Gasteiger partial charge on any atom is 0.167 e. The van der Waals surface area contributed by atoms with Gasteiger partial charge in [-0.2, -0.15) is 0 Å². The zero-order chi connectivity index (χ0) is 67.3. The van der Waals surface area contributed by atoms with Crippen LogP contribution in [0, 0.1) is 0 Å². The molecule has 6 aromatic heterocycles. The first kappa shape index (κ1) is 60.4. The second-order valence-corrected chi connectivity index (χ2v) is 30.7. The third kappa shape index (κ3) is 9.61. The third-order valence-electron chi connectivity index (χ3n) is 20.3. The summed E-state index contributed by atoms with van der Waals surface area (Å²) >= 11 is 0. The molecule has 0 unspecified atom stereocenters. The third-order valence-corrected chi connectivity index (χ3v) is 20.3. The van der Waals surface area contributed by atoms with Gasteiger partial charge in [0.05, 0.1) is 78.1 Å². The number of hydrogen-bond acceptors (Lipinski definition) is 4. The second-order valence-electron chi connectivity index (χ2n) is 30.7. The van der Waals surface area contributed by atoms with E-state index in [0.717, 1.165) is 138 Å². The maximum atomic E-state index is 5.97. The molecule has 478 valence electrons. The highest BCUT2D eigenvalue weighted by Crippen LogP contribution is 2.55. The van der Waals surface area contributed by atoms with E-state index in [0.29, 0.717) is 17.5 Å². The summed E-state index contributed by atoms with van der Waals surface area (Å²) in [7, 11) is 0. The summed E-state index contributed by atoms with van der Waals surface area (Å²) in [4.78, 5) is 23.1. The van der Waals surface area contributed by atoms with Crippen molar-refractivity contribution >= 4 is 87.2 Å². The van der Waals surface area contributed by atoms with E-state index in [1.54, 1.807) is 0 Å². The highest BCUT2D eigenvalue weighted by atomic mass is 15.2. The minimum absolute atomic E-state index is 0.149. The lowest BCUT2D eigenvalue weighted by atomic mass is 9.86. The van der Waals surface area contributed by atoms with Crippen LogP contribution in [0.1, 0.15) is 105 Å². The van der Waals surface area contributed by atoms with Gasteiger partial charge in [-0.1, -0.05) is 247 Å². The van der Waals surface area contributed by atoms with Crippen molar-refractivity contribution in [2.24, 2.45) is 0 Å². The summed E-state index contributed by atoms with van der Waals surface area (Å²) in [5.74, 6) is 1.59. The Balaban J connectivity index is 1.25. The van der Waals surface area contributed by atoms with Crippen molar-refractivity contribution in [1.82, 2.24) is 38.2 Å². The molecule has 0 fully saturated rings. The van der Waals surface area contributed by atoms with Gasteiger partial charge in [-0.15, -0.1) is 0 Å². The van der Waals surface area contributed by atoms with Crippen LogP contribution in [-0.2, 0) is 21.7 Å². The molecule has 0 radical (unpaired) electrons. The molecule has 0 aliphatic heterocycles. The summed E-state index contributed by atoms with van der Waals surface area (Å²) in [5, 5.41) is 9.15. The molecule has 0 saturated carbocycles. The Labute approximate surface area is 572 Å². The summed E-state index contributed by atoms with van der Waals surface area (Å²) in [5.41, 5.74) is 20.5. The van der Waals surface area contributed by atoms with Gasteiger partial charge in [0.25, 0.3) is 0 Å². The first-order chi connectivity index (χ1) is 47.2. The number of rotatable bonds is 8. The number of pyridine rings is 1. The second kappa shape index (κ2) is 22.2. The van der Waals surface area contributed by atoms with Crippen molar-refractivity contribution in [1.29, 1.82) is 0 Å². The van der Waals surface area contributed by atoms with Gasteiger partial charge in [-0.3, -0.25) is 4.98 Å². The summed E-state index contributed by atoms with van der Waals surface area (Å²) in [6, 6.07) is 91.9. The van der Waals surface area contributed by atoms with Gasteiger partial charge in [-0.05, 0) is 129 Å². The van der Waals surface area contributed by atoms with E-state index in [1.165, 1.54) is 22.3 Å². The van der Waals surface area contributed by atoms with Crippen LogP contribution in [0.15, 0.2) is 255 Å². The monoisotopic (exact) mass is 1270 g/mol. The van der Waals surface area contributed by atoms with E-state index in [2.05, 4.69) is 344 Å². The molecule has 8 nitrogen and oxygen atoms in total. The highest BCUT2D eigenvalue weighted by Gasteiger charge is 2.38. The maximum absolute atomic E-state index is 5.97. The average Bonchev–Trinajstić information content (AvgIpc) is 1.44. The number of aromatic nitrogens is 8. The molecule has 0 spiro atoms. The topological polar surface area (TPSA) is 71.3 Å². The van der Waals surface area contributed by atoms with Crippen molar-refractivity contribution in [3.8, 4) is 68.2 Å². The molecule has 0 N–H and O–H groups in total. The predicted molar refractivity (Wildman–Crippen MR) is 412 cm³/mol. The molecular weight excluding hydrogens is 1190 g/mol. The van der Waals surface area contributed by atoms with Gasteiger partial charge in [0.1, 0.15) is 0 Å². The van der Waals surface area contributed by atoms with Crippen LogP contribution in [0.25, 0.3) is 155 Å². The van der Waals surface area contributed by atoms with Crippen molar-refractivity contribution in [2.45, 2.75) is 105 Å². The van der Waals surface area contributed by atoms with Crippen LogP contribution >= 0.6 is 0 Å². The van der Waals surface area contributed by atoms with E-state index in [9.17, 15) is 0 Å². The van der Waals surface area contributed by atoms with Crippen LogP contribution in [0.4, 0.5) is 0 Å². The van der Waals surface area contributed by atoms with E-state index >= 15 is 0 Å². The number of benzene rings is 11. The molecule has 0 aliphatic carbocycles. The zero-order valence-electron chi connectivity index (χ0n) is 57.8. The van der Waals surface area contributed by atoms with Crippen LogP contribution in [0.2, 0.25) is 0 Å². The van der Waals surface area contributed by atoms with E-state index in [4.69, 9.17) is 19.9 Å². The molecule has 6 heterocycles. The Kier molecular flexibility index (Phi) is 13.7. The number of hydrogen-bond donors (Lipinski definition) is 0. The summed E-state index contributed by atoms with van der Waals surface area (Å²) < 4.78 is 10.3. The lowest BCUT2D eigenvalue weighted by molar-refractivity contribution is 0.591. The Morgan fingerprint density at radius 2 is 0.510 bits per heavy atom. The minimum Gasteiger partial charge on any atom is -0.306 e. The molecule has 0 amide bonds. The highest BCUT2D eigenvalue weighted by molar-refractivity contribution is 6.18. The lowest BCUT2D eigenvalue weighted by Gasteiger charge is -2.31. The van der Waals surface area contributed by atoms with Crippen LogP contribution in [0.5, 0.6) is 0 Å². The zero-order valence-corrected chi connectivity index (χ0v) is 57.8. The summed E-state index contributed by atoms with van der Waals surface area (Å²) in [6.45, 7) is 27.8. The molecule has 0 bridgehead atoms. The molecule has 11 aromatic carbocycles. The van der Waals surface area contributed by atoms with E-state index in [1.807, 2.05) is 12.3 Å². The summed E-state index contributed by atoms with van der Waals surface area (Å²) in [6.07, 6.45) is 1.94. The van der Waals surface area contributed by atoms with Gasteiger partial charge in [0.2, 0.25) is 0 Å². The van der Waals surface area contributed by atoms with Crippen molar-refractivity contribution in [2.75, 3.05) is 0 Å². The normalized spacial score (nSPS) is 12.7. The van der Waals surface area contributed by atoms with Gasteiger partial charge in [-0.25, -0.2) is 15.0 Å². The molecule has 17 rings (SSSR count). The van der Waals surface area contributed by atoms with E-state index in [-0.39, 0.29) is 21.7 Å². The molecule has 0 aliphatic rings. The Morgan fingerprint density at radius 3 is 0.827 bits per heavy atom. The van der Waals surface area contributed by atoms with Gasteiger partial charge >= 0.3 is 0 Å². The van der Waals surface area contributed by atoms with Crippen molar-refractivity contribution in [3.05, 3.63) is 277 Å². The standard InChI is InChI=1S/C90H78N8/c1-87(2,3)57-42-46-74-65(51-57)61-33-19-23-38-70(61)95(74)80-78(69-37-27-28-50-91-69)79(86-93-84(55-29-15-13-16-30-55)92-85(94-86)56-31-17-14-18-32-56)81(96-71-39-24-20-34-62(71)66-52-58(88(4,5)6)43-47-75(66)96)83(98-73-41-26-22-36-64(73)68-54-60(90(10,11)12)45-49-77(68)98)82(80)97-72-40-25-21-35-63(72)67-53-59(89(7,8)9)44-48-76(67)97/h13-54H,1-12H3. The van der Waals surface area contributed by atoms with Crippen molar-refractivity contribution in [3.63, 3.8) is 0 Å². The first-order valence-electron chi connectivity index (χ1n) is 34.4.